The molecule has 1 aromatic heterocycles. The highest BCUT2D eigenvalue weighted by atomic mass is 35.5. The van der Waals surface area contributed by atoms with Gasteiger partial charge in [-0.2, -0.15) is 0 Å². The number of nitrogens with zero attached hydrogens (tertiary/aromatic N) is 2. The zero-order valence-electron chi connectivity index (χ0n) is 9.52. The van der Waals surface area contributed by atoms with Crippen molar-refractivity contribution in [3.63, 3.8) is 0 Å². The summed E-state index contributed by atoms with van der Waals surface area (Å²) in [7, 11) is 0. The van der Waals surface area contributed by atoms with Crippen molar-refractivity contribution >= 4 is 46.4 Å². The summed E-state index contributed by atoms with van der Waals surface area (Å²) in [5, 5.41) is 3.47. The molecular weight excluding hydrogens is 285 g/mol. The van der Waals surface area contributed by atoms with Crippen LogP contribution in [0.3, 0.4) is 0 Å². The maximum absolute atomic E-state index is 11.9. The average molecular weight is 292 g/mol. The minimum Gasteiger partial charge on any atom is -0.321 e. The highest BCUT2D eigenvalue weighted by Gasteiger charge is 2.24. The third-order valence-corrected chi connectivity index (χ3v) is 3.12. The standard InChI is InChI=1S/C13H7Cl2N3O/c14-7-1-2-9-10(12(19)18-11(9)5-7)6-8-3-4-16-13(15)17-8/h1-6H,(H,18,19)/b10-6-. The maximum atomic E-state index is 11.9. The molecule has 0 saturated carbocycles. The average Bonchev–Trinajstić information content (AvgIpc) is 2.65. The van der Waals surface area contributed by atoms with Gasteiger partial charge in [0, 0.05) is 16.8 Å². The molecule has 3 rings (SSSR count). The van der Waals surface area contributed by atoms with Crippen LogP contribution in [-0.2, 0) is 4.79 Å². The largest absolute Gasteiger partial charge is 0.321 e. The van der Waals surface area contributed by atoms with E-state index in [4.69, 9.17) is 23.2 Å². The molecule has 0 fully saturated rings. The molecule has 1 aromatic carbocycles. The Balaban J connectivity index is 2.09. The number of amides is 1. The number of rotatable bonds is 1. The van der Waals surface area contributed by atoms with Gasteiger partial charge in [-0.1, -0.05) is 17.7 Å². The van der Waals surface area contributed by atoms with Crippen LogP contribution in [0.25, 0.3) is 11.6 Å². The van der Waals surface area contributed by atoms with E-state index >= 15 is 0 Å². The zero-order chi connectivity index (χ0) is 13.4. The van der Waals surface area contributed by atoms with Crippen LogP contribution in [0.1, 0.15) is 11.3 Å². The van der Waals surface area contributed by atoms with Gasteiger partial charge >= 0.3 is 0 Å². The topological polar surface area (TPSA) is 54.9 Å². The van der Waals surface area contributed by atoms with Gasteiger partial charge in [-0.15, -0.1) is 0 Å². The Morgan fingerprint density at radius 3 is 2.84 bits per heavy atom. The number of aromatic nitrogens is 2. The smallest absolute Gasteiger partial charge is 0.256 e. The summed E-state index contributed by atoms with van der Waals surface area (Å²) in [6.07, 6.45) is 3.21. The predicted octanol–water partition coefficient (Wildman–Crippen LogP) is 3.28. The lowest BCUT2D eigenvalue weighted by Gasteiger charge is -1.99. The number of benzene rings is 1. The number of fused-ring (bicyclic) bond motifs is 1. The highest BCUT2D eigenvalue weighted by molar-refractivity contribution is 6.36. The molecule has 1 aliphatic rings. The fraction of sp³-hybridized carbons (Fsp3) is 0. The molecule has 0 radical (unpaired) electrons. The van der Waals surface area contributed by atoms with E-state index in [1.807, 2.05) is 0 Å². The van der Waals surface area contributed by atoms with Crippen molar-refractivity contribution in [3.05, 3.63) is 52.0 Å². The summed E-state index contributed by atoms with van der Waals surface area (Å²) in [6.45, 7) is 0. The minimum atomic E-state index is -0.188. The first-order valence-electron chi connectivity index (χ1n) is 5.45. The molecule has 2 aromatic rings. The molecule has 6 heteroatoms. The quantitative estimate of drug-likeness (QED) is 0.648. The molecule has 1 amide bonds. The molecule has 0 bridgehead atoms. The number of anilines is 1. The molecule has 0 unspecified atom stereocenters. The molecular formula is C13H7Cl2N3O. The summed E-state index contributed by atoms with van der Waals surface area (Å²) in [6, 6.07) is 6.92. The molecule has 1 aliphatic heterocycles. The van der Waals surface area contributed by atoms with Gasteiger partial charge in [-0.05, 0) is 35.9 Å². The van der Waals surface area contributed by atoms with Gasteiger partial charge in [0.25, 0.3) is 5.91 Å². The molecule has 0 spiro atoms. The number of halogens is 2. The van der Waals surface area contributed by atoms with Gasteiger partial charge in [-0.3, -0.25) is 4.79 Å². The third kappa shape index (κ3) is 2.32. The van der Waals surface area contributed by atoms with Crippen molar-refractivity contribution in [2.75, 3.05) is 5.32 Å². The van der Waals surface area contributed by atoms with Gasteiger partial charge in [-0.25, -0.2) is 9.97 Å². The van der Waals surface area contributed by atoms with Crippen LogP contribution in [0.5, 0.6) is 0 Å². The number of carbonyl (C=O) groups excluding carboxylic acids is 1. The summed E-state index contributed by atoms with van der Waals surface area (Å²) in [4.78, 5) is 19.8. The molecule has 2 heterocycles. The van der Waals surface area contributed by atoms with Gasteiger partial charge < -0.3 is 5.32 Å². The van der Waals surface area contributed by atoms with Crippen LogP contribution in [0.4, 0.5) is 5.69 Å². The second-order valence-electron chi connectivity index (χ2n) is 3.95. The normalized spacial score (nSPS) is 15.5. The molecule has 94 valence electrons. The Morgan fingerprint density at radius 2 is 2.05 bits per heavy atom. The predicted molar refractivity (Wildman–Crippen MR) is 75.0 cm³/mol. The summed E-state index contributed by atoms with van der Waals surface area (Å²) >= 11 is 11.6. The fourth-order valence-corrected chi connectivity index (χ4v) is 2.21. The number of carbonyl (C=O) groups is 1. The zero-order valence-corrected chi connectivity index (χ0v) is 11.0. The summed E-state index contributed by atoms with van der Waals surface area (Å²) < 4.78 is 0. The van der Waals surface area contributed by atoms with E-state index < -0.39 is 0 Å². The van der Waals surface area contributed by atoms with Crippen LogP contribution in [0.15, 0.2) is 30.5 Å². The second kappa shape index (κ2) is 4.64. The van der Waals surface area contributed by atoms with Crippen LogP contribution in [0.2, 0.25) is 10.3 Å². The second-order valence-corrected chi connectivity index (χ2v) is 4.73. The summed E-state index contributed by atoms with van der Waals surface area (Å²) in [5.74, 6) is -0.188. The van der Waals surface area contributed by atoms with E-state index in [1.54, 1.807) is 30.3 Å². The Kier molecular flexibility index (Phi) is 2.97. The van der Waals surface area contributed by atoms with Crippen molar-refractivity contribution in [1.82, 2.24) is 9.97 Å². The fourth-order valence-electron chi connectivity index (χ4n) is 1.89. The van der Waals surface area contributed by atoms with Crippen molar-refractivity contribution in [1.29, 1.82) is 0 Å². The van der Waals surface area contributed by atoms with Crippen molar-refractivity contribution in [2.45, 2.75) is 0 Å². The Hall–Kier alpha value is -1.91. The lowest BCUT2D eigenvalue weighted by Crippen LogP contribution is -2.03. The van der Waals surface area contributed by atoms with E-state index in [9.17, 15) is 4.79 Å². The number of hydrogen-bond donors (Lipinski definition) is 1. The first-order valence-corrected chi connectivity index (χ1v) is 6.20. The Bertz CT molecular complexity index is 713. The van der Waals surface area contributed by atoms with Crippen LogP contribution >= 0.6 is 23.2 Å². The van der Waals surface area contributed by atoms with E-state index in [1.165, 1.54) is 6.20 Å². The molecule has 0 aliphatic carbocycles. The summed E-state index contributed by atoms with van der Waals surface area (Å²) in [5.41, 5.74) is 2.60. The van der Waals surface area contributed by atoms with Crippen molar-refractivity contribution < 1.29 is 4.79 Å². The van der Waals surface area contributed by atoms with Crippen LogP contribution in [-0.4, -0.2) is 15.9 Å². The van der Waals surface area contributed by atoms with Crippen molar-refractivity contribution in [2.24, 2.45) is 0 Å². The van der Waals surface area contributed by atoms with Crippen LogP contribution < -0.4 is 5.32 Å². The number of nitrogens with one attached hydrogen (secondary N) is 1. The van der Waals surface area contributed by atoms with E-state index in [-0.39, 0.29) is 11.2 Å². The minimum absolute atomic E-state index is 0.143. The van der Waals surface area contributed by atoms with Gasteiger partial charge in [0.2, 0.25) is 5.28 Å². The third-order valence-electron chi connectivity index (χ3n) is 2.70. The van der Waals surface area contributed by atoms with Gasteiger partial charge in [0.15, 0.2) is 0 Å². The van der Waals surface area contributed by atoms with E-state index in [0.29, 0.717) is 22.0 Å². The molecule has 0 atom stereocenters. The van der Waals surface area contributed by atoms with Gasteiger partial charge in [0.1, 0.15) is 0 Å². The molecule has 0 saturated heterocycles. The SMILES string of the molecule is O=C1Nc2cc(Cl)ccc2/C1=C/c1ccnc(Cl)n1. The molecule has 19 heavy (non-hydrogen) atoms. The Labute approximate surface area is 119 Å². The lowest BCUT2D eigenvalue weighted by molar-refractivity contribution is -0.110. The Morgan fingerprint density at radius 1 is 1.21 bits per heavy atom. The first-order chi connectivity index (χ1) is 9.13. The van der Waals surface area contributed by atoms with Gasteiger partial charge in [0.05, 0.1) is 17.0 Å². The van der Waals surface area contributed by atoms with Crippen LogP contribution in [0, 0.1) is 0 Å². The molecule has 4 nitrogen and oxygen atoms in total. The number of hydrogen-bond acceptors (Lipinski definition) is 3. The maximum Gasteiger partial charge on any atom is 0.256 e. The van der Waals surface area contributed by atoms with E-state index in [0.717, 1.165) is 5.56 Å². The highest BCUT2D eigenvalue weighted by Crippen LogP contribution is 2.34. The lowest BCUT2D eigenvalue weighted by atomic mass is 10.1. The molecule has 1 N–H and O–H groups in total. The van der Waals surface area contributed by atoms with Crippen molar-refractivity contribution in [3.8, 4) is 0 Å². The monoisotopic (exact) mass is 291 g/mol. The van der Waals surface area contributed by atoms with E-state index in [2.05, 4.69) is 15.3 Å². The first kappa shape index (κ1) is 12.1.